The Kier molecular flexibility index (Phi) is 3.77. The van der Waals surface area contributed by atoms with E-state index in [9.17, 15) is 0 Å². The van der Waals surface area contributed by atoms with Crippen LogP contribution in [-0.2, 0) is 6.42 Å². The lowest BCUT2D eigenvalue weighted by Crippen LogP contribution is -2.21. The molecule has 2 N–H and O–H groups in total. The summed E-state index contributed by atoms with van der Waals surface area (Å²) in [6, 6.07) is 2.34. The van der Waals surface area contributed by atoms with Crippen LogP contribution in [0.2, 0.25) is 0 Å². The minimum Gasteiger partial charge on any atom is -0.327 e. The molecule has 0 amide bonds. The topological polar surface area (TPSA) is 56.7 Å². The van der Waals surface area contributed by atoms with E-state index in [-0.39, 0.29) is 6.04 Å². The minimum absolute atomic E-state index is 0.202. The number of pyridine rings is 1. The SMILES string of the molecule is CCC(N)Cc1cncc(-n2cnc(C)c2C)c1. The van der Waals surface area contributed by atoms with Crippen LogP contribution in [0, 0.1) is 13.8 Å². The summed E-state index contributed by atoms with van der Waals surface area (Å²) in [6.07, 6.45) is 7.43. The molecule has 1 atom stereocenters. The molecule has 96 valence electrons. The van der Waals surface area contributed by atoms with Gasteiger partial charge in [-0.05, 0) is 38.3 Å². The smallest absolute Gasteiger partial charge is 0.0997 e. The lowest BCUT2D eigenvalue weighted by atomic mass is 10.1. The second kappa shape index (κ2) is 5.31. The van der Waals surface area contributed by atoms with E-state index in [1.807, 2.05) is 25.6 Å². The number of hydrogen-bond donors (Lipinski definition) is 1. The maximum Gasteiger partial charge on any atom is 0.0997 e. The van der Waals surface area contributed by atoms with Gasteiger partial charge in [0.1, 0.15) is 0 Å². The van der Waals surface area contributed by atoms with Gasteiger partial charge in [0.15, 0.2) is 0 Å². The van der Waals surface area contributed by atoms with Crippen molar-refractivity contribution in [1.82, 2.24) is 14.5 Å². The van der Waals surface area contributed by atoms with Gasteiger partial charge < -0.3 is 10.3 Å². The quantitative estimate of drug-likeness (QED) is 0.896. The molecule has 0 saturated carbocycles. The van der Waals surface area contributed by atoms with Gasteiger partial charge >= 0.3 is 0 Å². The molecule has 4 nitrogen and oxygen atoms in total. The number of hydrogen-bond acceptors (Lipinski definition) is 3. The Morgan fingerprint density at radius 3 is 2.72 bits per heavy atom. The Labute approximate surface area is 108 Å². The van der Waals surface area contributed by atoms with Crippen LogP contribution in [0.15, 0.2) is 24.8 Å². The zero-order valence-corrected chi connectivity index (χ0v) is 11.2. The molecule has 4 heteroatoms. The Bertz CT molecular complexity index is 530. The van der Waals surface area contributed by atoms with Gasteiger partial charge in [-0.1, -0.05) is 6.92 Å². The second-order valence-corrected chi connectivity index (χ2v) is 4.71. The third-order valence-electron chi connectivity index (χ3n) is 3.33. The van der Waals surface area contributed by atoms with Crippen molar-refractivity contribution >= 4 is 0 Å². The van der Waals surface area contributed by atoms with Crippen molar-refractivity contribution in [1.29, 1.82) is 0 Å². The molecule has 0 spiro atoms. The molecule has 0 aliphatic heterocycles. The maximum atomic E-state index is 5.98. The molecule has 2 heterocycles. The van der Waals surface area contributed by atoms with E-state index in [4.69, 9.17) is 5.73 Å². The predicted octanol–water partition coefficient (Wildman–Crippen LogP) is 2.16. The first kappa shape index (κ1) is 12.8. The van der Waals surface area contributed by atoms with Gasteiger partial charge in [-0.3, -0.25) is 4.98 Å². The molecule has 0 fully saturated rings. The summed E-state index contributed by atoms with van der Waals surface area (Å²) in [5.74, 6) is 0. The van der Waals surface area contributed by atoms with E-state index >= 15 is 0 Å². The predicted molar refractivity (Wildman–Crippen MR) is 72.8 cm³/mol. The average Bonchev–Trinajstić information content (AvgIpc) is 2.70. The summed E-state index contributed by atoms with van der Waals surface area (Å²) in [5, 5.41) is 0. The van der Waals surface area contributed by atoms with Crippen molar-refractivity contribution in [3.63, 3.8) is 0 Å². The first-order valence-corrected chi connectivity index (χ1v) is 6.32. The number of nitrogens with two attached hydrogens (primary N) is 1. The average molecular weight is 244 g/mol. The summed E-state index contributed by atoms with van der Waals surface area (Å²) in [7, 11) is 0. The van der Waals surface area contributed by atoms with Crippen molar-refractivity contribution < 1.29 is 0 Å². The summed E-state index contributed by atoms with van der Waals surface area (Å²) in [5.41, 5.74) is 10.4. The molecule has 0 aliphatic rings. The highest BCUT2D eigenvalue weighted by Gasteiger charge is 2.07. The summed E-state index contributed by atoms with van der Waals surface area (Å²) < 4.78 is 2.06. The summed E-state index contributed by atoms with van der Waals surface area (Å²) in [4.78, 5) is 8.60. The van der Waals surface area contributed by atoms with E-state index in [2.05, 4.69) is 34.4 Å². The summed E-state index contributed by atoms with van der Waals surface area (Å²) in [6.45, 7) is 6.17. The van der Waals surface area contributed by atoms with Crippen LogP contribution in [0.5, 0.6) is 0 Å². The molecule has 0 aliphatic carbocycles. The highest BCUT2D eigenvalue weighted by atomic mass is 15.1. The van der Waals surface area contributed by atoms with E-state index in [1.54, 1.807) is 0 Å². The van der Waals surface area contributed by atoms with E-state index in [1.165, 1.54) is 5.56 Å². The molecule has 2 aromatic rings. The largest absolute Gasteiger partial charge is 0.327 e. The minimum atomic E-state index is 0.202. The van der Waals surface area contributed by atoms with Crippen LogP contribution < -0.4 is 5.73 Å². The fourth-order valence-electron chi connectivity index (χ4n) is 1.92. The lowest BCUT2D eigenvalue weighted by molar-refractivity contribution is 0.645. The maximum absolute atomic E-state index is 5.98. The first-order chi connectivity index (χ1) is 8.61. The Morgan fingerprint density at radius 1 is 1.33 bits per heavy atom. The molecule has 1 unspecified atom stereocenters. The van der Waals surface area contributed by atoms with Crippen LogP contribution in [-0.4, -0.2) is 20.6 Å². The molecule has 2 rings (SSSR count). The second-order valence-electron chi connectivity index (χ2n) is 4.71. The highest BCUT2D eigenvalue weighted by molar-refractivity contribution is 5.35. The molecule has 0 aromatic carbocycles. The Hall–Kier alpha value is -1.68. The Balaban J connectivity index is 2.30. The van der Waals surface area contributed by atoms with Gasteiger partial charge in [0, 0.05) is 17.9 Å². The van der Waals surface area contributed by atoms with Crippen LogP contribution in [0.4, 0.5) is 0 Å². The van der Waals surface area contributed by atoms with Crippen molar-refractivity contribution in [2.75, 3.05) is 0 Å². The third kappa shape index (κ3) is 2.59. The zero-order valence-electron chi connectivity index (χ0n) is 11.2. The molecule has 0 bridgehead atoms. The van der Waals surface area contributed by atoms with Gasteiger partial charge in [-0.15, -0.1) is 0 Å². The van der Waals surface area contributed by atoms with E-state index < -0.39 is 0 Å². The van der Waals surface area contributed by atoms with Crippen molar-refractivity contribution in [3.8, 4) is 5.69 Å². The molecular weight excluding hydrogens is 224 g/mol. The first-order valence-electron chi connectivity index (χ1n) is 6.32. The summed E-state index contributed by atoms with van der Waals surface area (Å²) >= 11 is 0. The van der Waals surface area contributed by atoms with Crippen LogP contribution in [0.1, 0.15) is 30.3 Å². The van der Waals surface area contributed by atoms with Gasteiger partial charge in [0.25, 0.3) is 0 Å². The van der Waals surface area contributed by atoms with Crippen molar-refractivity contribution in [3.05, 3.63) is 41.7 Å². The molecular formula is C14H20N4. The number of nitrogens with zero attached hydrogens (tertiary/aromatic N) is 3. The van der Waals surface area contributed by atoms with Gasteiger partial charge in [-0.2, -0.15) is 0 Å². The van der Waals surface area contributed by atoms with Crippen molar-refractivity contribution in [2.45, 2.75) is 39.7 Å². The lowest BCUT2D eigenvalue weighted by Gasteiger charge is -2.10. The van der Waals surface area contributed by atoms with Gasteiger partial charge in [0.05, 0.1) is 23.9 Å². The zero-order chi connectivity index (χ0) is 13.1. The fraction of sp³-hybridized carbons (Fsp3) is 0.429. The number of aromatic nitrogens is 3. The van der Waals surface area contributed by atoms with Crippen molar-refractivity contribution in [2.24, 2.45) is 5.73 Å². The number of rotatable bonds is 4. The normalized spacial score (nSPS) is 12.7. The molecule has 0 saturated heterocycles. The van der Waals surface area contributed by atoms with Gasteiger partial charge in [0.2, 0.25) is 0 Å². The standard InChI is InChI=1S/C14H20N4/c1-4-13(15)5-12-6-14(8-16-7-12)18-9-17-10(2)11(18)3/h6-9,13H,4-5,15H2,1-3H3. The molecule has 2 aromatic heterocycles. The van der Waals surface area contributed by atoms with Crippen LogP contribution >= 0.6 is 0 Å². The number of imidazole rings is 1. The number of aryl methyl sites for hydroxylation is 1. The highest BCUT2D eigenvalue weighted by Crippen LogP contribution is 2.14. The van der Waals surface area contributed by atoms with Crippen LogP contribution in [0.25, 0.3) is 5.69 Å². The molecule has 18 heavy (non-hydrogen) atoms. The Morgan fingerprint density at radius 2 is 2.11 bits per heavy atom. The van der Waals surface area contributed by atoms with E-state index in [0.29, 0.717) is 0 Å². The third-order valence-corrected chi connectivity index (χ3v) is 3.33. The van der Waals surface area contributed by atoms with Gasteiger partial charge in [-0.25, -0.2) is 4.98 Å². The van der Waals surface area contributed by atoms with Crippen LogP contribution in [0.3, 0.4) is 0 Å². The molecule has 0 radical (unpaired) electrons. The monoisotopic (exact) mass is 244 g/mol. The fourth-order valence-corrected chi connectivity index (χ4v) is 1.92. The van der Waals surface area contributed by atoms with E-state index in [0.717, 1.165) is 29.9 Å².